The van der Waals surface area contributed by atoms with Crippen LogP contribution in [0.2, 0.25) is 0 Å². The van der Waals surface area contributed by atoms with E-state index >= 15 is 0 Å². The molecule has 1 atom stereocenters. The Labute approximate surface area is 92.8 Å². The number of rotatable bonds is 4. The highest BCUT2D eigenvalue weighted by atomic mass is 15.2. The van der Waals surface area contributed by atoms with Crippen molar-refractivity contribution in [2.75, 3.05) is 0 Å². The number of hydrogen-bond donors (Lipinski definition) is 2. The second kappa shape index (κ2) is 4.77. The third-order valence-corrected chi connectivity index (χ3v) is 3.27. The van der Waals surface area contributed by atoms with Gasteiger partial charge in [0.25, 0.3) is 0 Å². The highest BCUT2D eigenvalue weighted by Gasteiger charge is 2.27. The smallest absolute Gasteiger partial charge is 0.0510 e. The second-order valence-electron chi connectivity index (χ2n) is 4.85. The SMILES string of the molecule is CCC(C)(C)C(NN)c1ccc(C)cc1. The molecular weight excluding hydrogens is 184 g/mol. The van der Waals surface area contributed by atoms with Crippen molar-refractivity contribution in [3.05, 3.63) is 35.4 Å². The molecule has 0 saturated carbocycles. The molecule has 0 aliphatic carbocycles. The number of aryl methyl sites for hydroxylation is 1. The Kier molecular flexibility index (Phi) is 3.89. The van der Waals surface area contributed by atoms with Crippen LogP contribution in [0.1, 0.15) is 44.4 Å². The molecule has 1 rings (SSSR count). The molecule has 0 saturated heterocycles. The van der Waals surface area contributed by atoms with Gasteiger partial charge in [0.05, 0.1) is 6.04 Å². The van der Waals surface area contributed by atoms with Gasteiger partial charge in [0, 0.05) is 0 Å². The lowest BCUT2D eigenvalue weighted by Gasteiger charge is -2.33. The lowest BCUT2D eigenvalue weighted by molar-refractivity contribution is 0.236. The lowest BCUT2D eigenvalue weighted by atomic mass is 9.78. The molecule has 84 valence electrons. The van der Waals surface area contributed by atoms with E-state index < -0.39 is 0 Å². The van der Waals surface area contributed by atoms with Crippen LogP contribution in [0.5, 0.6) is 0 Å². The molecule has 0 aliphatic heterocycles. The van der Waals surface area contributed by atoms with Gasteiger partial charge in [0.1, 0.15) is 0 Å². The van der Waals surface area contributed by atoms with Crippen LogP contribution in [0.4, 0.5) is 0 Å². The molecule has 1 aromatic carbocycles. The Bertz CT molecular complexity index is 301. The minimum Gasteiger partial charge on any atom is -0.271 e. The molecule has 2 heteroatoms. The van der Waals surface area contributed by atoms with Crippen molar-refractivity contribution in [1.29, 1.82) is 0 Å². The van der Waals surface area contributed by atoms with E-state index in [1.165, 1.54) is 11.1 Å². The predicted molar refractivity (Wildman–Crippen MR) is 65.3 cm³/mol. The summed E-state index contributed by atoms with van der Waals surface area (Å²) in [5, 5.41) is 0. The van der Waals surface area contributed by atoms with Gasteiger partial charge in [-0.05, 0) is 24.3 Å². The largest absolute Gasteiger partial charge is 0.271 e. The van der Waals surface area contributed by atoms with Crippen LogP contribution in [-0.2, 0) is 0 Å². The van der Waals surface area contributed by atoms with Crippen molar-refractivity contribution >= 4 is 0 Å². The van der Waals surface area contributed by atoms with Crippen molar-refractivity contribution in [2.45, 2.75) is 40.2 Å². The summed E-state index contributed by atoms with van der Waals surface area (Å²) in [6.45, 7) is 8.76. The quantitative estimate of drug-likeness (QED) is 0.587. The van der Waals surface area contributed by atoms with Gasteiger partial charge in [0.15, 0.2) is 0 Å². The molecule has 0 bridgehead atoms. The van der Waals surface area contributed by atoms with Crippen LogP contribution in [-0.4, -0.2) is 0 Å². The third-order valence-electron chi connectivity index (χ3n) is 3.27. The highest BCUT2D eigenvalue weighted by Crippen LogP contribution is 2.35. The first-order chi connectivity index (χ1) is 7.01. The first-order valence-corrected chi connectivity index (χ1v) is 5.54. The average molecular weight is 206 g/mol. The molecule has 1 aromatic rings. The lowest BCUT2D eigenvalue weighted by Crippen LogP contribution is -2.38. The van der Waals surface area contributed by atoms with Gasteiger partial charge in [-0.15, -0.1) is 0 Å². The van der Waals surface area contributed by atoms with Crippen molar-refractivity contribution in [2.24, 2.45) is 11.3 Å². The van der Waals surface area contributed by atoms with Crippen LogP contribution in [0.15, 0.2) is 24.3 Å². The summed E-state index contributed by atoms with van der Waals surface area (Å²) in [7, 11) is 0. The highest BCUT2D eigenvalue weighted by molar-refractivity contribution is 5.25. The van der Waals surface area contributed by atoms with Gasteiger partial charge in [0.2, 0.25) is 0 Å². The maximum Gasteiger partial charge on any atom is 0.0510 e. The Morgan fingerprint density at radius 3 is 2.20 bits per heavy atom. The van der Waals surface area contributed by atoms with E-state index in [9.17, 15) is 0 Å². The summed E-state index contributed by atoms with van der Waals surface area (Å²) in [6.07, 6.45) is 1.09. The molecule has 2 nitrogen and oxygen atoms in total. The zero-order chi connectivity index (χ0) is 11.5. The van der Waals surface area contributed by atoms with E-state index in [1.807, 2.05) is 0 Å². The van der Waals surface area contributed by atoms with Crippen molar-refractivity contribution in [3.8, 4) is 0 Å². The molecular formula is C13H22N2. The predicted octanol–water partition coefficient (Wildman–Crippen LogP) is 2.94. The summed E-state index contributed by atoms with van der Waals surface area (Å²) in [4.78, 5) is 0. The molecule has 0 radical (unpaired) electrons. The zero-order valence-electron chi connectivity index (χ0n) is 10.2. The number of nitrogens with one attached hydrogen (secondary N) is 1. The zero-order valence-corrected chi connectivity index (χ0v) is 10.2. The summed E-state index contributed by atoms with van der Waals surface area (Å²) >= 11 is 0. The molecule has 0 aromatic heterocycles. The van der Waals surface area contributed by atoms with Gasteiger partial charge in [-0.1, -0.05) is 50.6 Å². The van der Waals surface area contributed by atoms with E-state index in [0.29, 0.717) is 0 Å². The minimum atomic E-state index is 0.171. The number of hydrogen-bond acceptors (Lipinski definition) is 2. The normalized spacial score (nSPS) is 13.9. The van der Waals surface area contributed by atoms with Crippen molar-refractivity contribution in [1.82, 2.24) is 5.43 Å². The maximum absolute atomic E-state index is 5.65. The van der Waals surface area contributed by atoms with Crippen LogP contribution in [0.25, 0.3) is 0 Å². The molecule has 15 heavy (non-hydrogen) atoms. The standard InChI is InChI=1S/C13H22N2/c1-5-13(3,4)12(15-14)11-8-6-10(2)7-9-11/h6-9,12,15H,5,14H2,1-4H3. The second-order valence-corrected chi connectivity index (χ2v) is 4.85. The van der Waals surface area contributed by atoms with E-state index in [2.05, 4.69) is 57.4 Å². The van der Waals surface area contributed by atoms with Gasteiger partial charge in [-0.3, -0.25) is 11.3 Å². The monoisotopic (exact) mass is 206 g/mol. The average Bonchev–Trinajstić information content (AvgIpc) is 2.22. The Morgan fingerprint density at radius 1 is 1.27 bits per heavy atom. The molecule has 1 unspecified atom stereocenters. The summed E-state index contributed by atoms with van der Waals surface area (Å²) in [5.74, 6) is 5.65. The molecule has 0 heterocycles. The summed E-state index contributed by atoms with van der Waals surface area (Å²) in [6, 6.07) is 8.77. The fraction of sp³-hybridized carbons (Fsp3) is 0.538. The number of hydrazine groups is 1. The maximum atomic E-state index is 5.65. The van der Waals surface area contributed by atoms with Crippen LogP contribution in [0, 0.1) is 12.3 Å². The molecule has 0 amide bonds. The Hall–Kier alpha value is -0.860. The van der Waals surface area contributed by atoms with Gasteiger partial charge >= 0.3 is 0 Å². The first-order valence-electron chi connectivity index (χ1n) is 5.54. The minimum absolute atomic E-state index is 0.171. The topological polar surface area (TPSA) is 38.0 Å². The fourth-order valence-corrected chi connectivity index (χ4v) is 1.74. The van der Waals surface area contributed by atoms with E-state index in [1.54, 1.807) is 0 Å². The fourth-order valence-electron chi connectivity index (χ4n) is 1.74. The Balaban J connectivity index is 2.97. The molecule has 0 aliphatic rings. The van der Waals surface area contributed by atoms with Crippen molar-refractivity contribution in [3.63, 3.8) is 0 Å². The summed E-state index contributed by atoms with van der Waals surface area (Å²) < 4.78 is 0. The van der Waals surface area contributed by atoms with Gasteiger partial charge < -0.3 is 0 Å². The van der Waals surface area contributed by atoms with Crippen LogP contribution in [0.3, 0.4) is 0 Å². The summed E-state index contributed by atoms with van der Waals surface area (Å²) in [5.41, 5.74) is 5.64. The van der Waals surface area contributed by atoms with Gasteiger partial charge in [-0.2, -0.15) is 0 Å². The first kappa shape index (κ1) is 12.2. The molecule has 0 fully saturated rings. The van der Waals surface area contributed by atoms with E-state index in [4.69, 9.17) is 5.84 Å². The third kappa shape index (κ3) is 2.80. The van der Waals surface area contributed by atoms with Crippen LogP contribution < -0.4 is 11.3 Å². The Morgan fingerprint density at radius 2 is 1.80 bits per heavy atom. The van der Waals surface area contributed by atoms with Crippen molar-refractivity contribution < 1.29 is 0 Å². The number of nitrogens with two attached hydrogens (primary N) is 1. The van der Waals surface area contributed by atoms with E-state index in [-0.39, 0.29) is 11.5 Å². The molecule has 3 N–H and O–H groups in total. The van der Waals surface area contributed by atoms with E-state index in [0.717, 1.165) is 6.42 Å². The number of benzene rings is 1. The van der Waals surface area contributed by atoms with Crippen LogP contribution >= 0.6 is 0 Å². The van der Waals surface area contributed by atoms with Gasteiger partial charge in [-0.25, -0.2) is 0 Å². The molecule has 0 spiro atoms.